The van der Waals surface area contributed by atoms with Gasteiger partial charge in [0, 0.05) is 13.0 Å². The van der Waals surface area contributed by atoms with Gasteiger partial charge < -0.3 is 9.64 Å². The number of likely N-dealkylation sites (tertiary alicyclic amines) is 1. The molecule has 2 aromatic rings. The van der Waals surface area contributed by atoms with E-state index in [9.17, 15) is 17.2 Å². The molecule has 2 aromatic carbocycles. The number of nitrogens with zero attached hydrogens (tertiary/aromatic N) is 1. The Morgan fingerprint density at radius 1 is 1.12 bits per heavy atom. The Kier molecular flexibility index (Phi) is 6.42. The second-order valence-corrected chi connectivity index (χ2v) is 12.2. The first-order valence-electron chi connectivity index (χ1n) is 12.2. The molecule has 34 heavy (non-hydrogen) atoms. The lowest BCUT2D eigenvalue weighted by molar-refractivity contribution is 0.145. The fraction of sp³-hybridized carbons (Fsp3) is 0.538. The maximum Gasteiger partial charge on any atom is 0.214 e. The summed E-state index contributed by atoms with van der Waals surface area (Å²) in [6.45, 7) is 3.23. The normalized spacial score (nSPS) is 23.7. The third-order valence-electron chi connectivity index (χ3n) is 8.11. The van der Waals surface area contributed by atoms with Crippen molar-refractivity contribution in [3.05, 3.63) is 64.7 Å². The summed E-state index contributed by atoms with van der Waals surface area (Å²) in [4.78, 5) is 2.42. The number of hydrogen-bond donors (Lipinski definition) is 1. The predicted octanol–water partition coefficient (Wildman–Crippen LogP) is 4.15. The van der Waals surface area contributed by atoms with E-state index in [0.717, 1.165) is 49.2 Å². The van der Waals surface area contributed by atoms with Crippen LogP contribution in [-0.4, -0.2) is 44.3 Å². The molecule has 1 heterocycles. The molecule has 8 heteroatoms. The number of halogens is 2. The van der Waals surface area contributed by atoms with Crippen LogP contribution in [0.3, 0.4) is 0 Å². The second kappa shape index (κ2) is 9.21. The Bertz CT molecular complexity index is 1160. The molecule has 5 nitrogen and oxygen atoms in total. The lowest BCUT2D eigenvalue weighted by atomic mass is 9.82. The van der Waals surface area contributed by atoms with E-state index in [1.165, 1.54) is 12.5 Å². The van der Waals surface area contributed by atoms with Crippen LogP contribution in [0.5, 0.6) is 5.75 Å². The van der Waals surface area contributed by atoms with Crippen LogP contribution in [0, 0.1) is 17.6 Å². The van der Waals surface area contributed by atoms with Crippen molar-refractivity contribution in [2.24, 2.45) is 11.1 Å². The van der Waals surface area contributed by atoms with Crippen molar-refractivity contribution in [2.45, 2.75) is 55.6 Å². The van der Waals surface area contributed by atoms with E-state index in [0.29, 0.717) is 25.2 Å². The Labute approximate surface area is 200 Å². The molecule has 5 rings (SSSR count). The predicted molar refractivity (Wildman–Crippen MR) is 127 cm³/mol. The highest BCUT2D eigenvalue weighted by atomic mass is 32.2. The summed E-state index contributed by atoms with van der Waals surface area (Å²) in [7, 11) is -3.67. The van der Waals surface area contributed by atoms with Gasteiger partial charge in [-0.2, -0.15) is 0 Å². The van der Waals surface area contributed by atoms with Gasteiger partial charge in [-0.15, -0.1) is 0 Å². The Morgan fingerprint density at radius 3 is 2.53 bits per heavy atom. The Balaban J connectivity index is 1.36. The molecule has 2 fully saturated rings. The summed E-state index contributed by atoms with van der Waals surface area (Å²) in [6, 6.07) is 10.0. The molecule has 2 aliphatic carbocycles. The summed E-state index contributed by atoms with van der Waals surface area (Å²) in [5, 5.41) is 5.44. The van der Waals surface area contributed by atoms with E-state index in [4.69, 9.17) is 9.88 Å². The van der Waals surface area contributed by atoms with E-state index in [-0.39, 0.29) is 30.5 Å². The monoisotopic (exact) mass is 490 g/mol. The smallest absolute Gasteiger partial charge is 0.214 e. The van der Waals surface area contributed by atoms with Crippen molar-refractivity contribution in [3.63, 3.8) is 0 Å². The van der Waals surface area contributed by atoms with Crippen LogP contribution in [0.4, 0.5) is 8.78 Å². The zero-order valence-electron chi connectivity index (χ0n) is 19.3. The van der Waals surface area contributed by atoms with E-state index >= 15 is 0 Å². The van der Waals surface area contributed by atoms with Crippen LogP contribution >= 0.6 is 0 Å². The summed E-state index contributed by atoms with van der Waals surface area (Å²) >= 11 is 0. The number of rotatable bonds is 9. The van der Waals surface area contributed by atoms with Crippen LogP contribution in [0.25, 0.3) is 0 Å². The molecule has 184 valence electrons. The second-order valence-electron chi connectivity index (χ2n) is 10.2. The number of fused-ring (bicyclic) bond motifs is 1. The minimum atomic E-state index is -3.67. The van der Waals surface area contributed by atoms with Gasteiger partial charge >= 0.3 is 0 Å². The Hall–Kier alpha value is -2.03. The third-order valence-corrected chi connectivity index (χ3v) is 9.93. The first kappa shape index (κ1) is 23.7. The minimum Gasteiger partial charge on any atom is -0.490 e. The standard InChI is InChI=1S/C26H32F2N2O3S/c27-21-5-1-4-18(12-21)13-22-20(17-30-9-3-10-30)14-19-15-24(28)25(16-23(19)22)33-11-8-26(6-2-7-26)34(29,31)32/h1,4-5,12,15-16,20,22H,2-3,6-11,13-14,17H2,(H2,29,31,32). The SMILES string of the molecule is NS(=O)(=O)C1(CCOc2cc3c(cc2F)CC(CN2CCC2)C3Cc2cccc(F)c2)CCC1. The van der Waals surface area contributed by atoms with Gasteiger partial charge in [-0.1, -0.05) is 18.6 Å². The summed E-state index contributed by atoms with van der Waals surface area (Å²) in [5.41, 5.74) is 2.96. The molecule has 0 aromatic heterocycles. The van der Waals surface area contributed by atoms with Gasteiger partial charge in [0.15, 0.2) is 11.6 Å². The van der Waals surface area contributed by atoms with Crippen LogP contribution in [0.15, 0.2) is 36.4 Å². The van der Waals surface area contributed by atoms with Crippen LogP contribution in [0.1, 0.15) is 54.7 Å². The molecule has 1 saturated carbocycles. The third kappa shape index (κ3) is 4.60. The summed E-state index contributed by atoms with van der Waals surface area (Å²) in [5.74, 6) is -0.0582. The molecule has 2 unspecified atom stereocenters. The van der Waals surface area contributed by atoms with E-state index in [2.05, 4.69) is 4.90 Å². The van der Waals surface area contributed by atoms with Gasteiger partial charge in [-0.05, 0) is 98.0 Å². The topological polar surface area (TPSA) is 72.6 Å². The van der Waals surface area contributed by atoms with E-state index in [1.54, 1.807) is 24.3 Å². The van der Waals surface area contributed by atoms with Gasteiger partial charge in [-0.25, -0.2) is 22.3 Å². The van der Waals surface area contributed by atoms with E-state index in [1.807, 2.05) is 6.07 Å². The highest BCUT2D eigenvalue weighted by molar-refractivity contribution is 7.90. The average molecular weight is 491 g/mol. The quantitative estimate of drug-likeness (QED) is 0.573. The average Bonchev–Trinajstić information content (AvgIpc) is 3.01. The molecule has 1 aliphatic heterocycles. The number of hydrogen-bond acceptors (Lipinski definition) is 4. The molecular weight excluding hydrogens is 458 g/mol. The molecule has 0 radical (unpaired) electrons. The molecular formula is C26H32F2N2O3S. The maximum absolute atomic E-state index is 14.9. The van der Waals surface area contributed by atoms with Crippen LogP contribution < -0.4 is 9.88 Å². The van der Waals surface area contributed by atoms with Crippen molar-refractivity contribution in [3.8, 4) is 5.75 Å². The first-order chi connectivity index (χ1) is 16.2. The lowest BCUT2D eigenvalue weighted by Crippen LogP contribution is -2.49. The summed E-state index contributed by atoms with van der Waals surface area (Å²) in [6.07, 6.45) is 4.81. The van der Waals surface area contributed by atoms with E-state index < -0.39 is 20.6 Å². The molecule has 1 saturated heterocycles. The minimum absolute atomic E-state index is 0.0951. The van der Waals surface area contributed by atoms with Crippen LogP contribution in [0.2, 0.25) is 0 Å². The maximum atomic E-state index is 14.9. The fourth-order valence-corrected chi connectivity index (χ4v) is 7.02. The van der Waals surface area contributed by atoms with Crippen molar-refractivity contribution in [1.82, 2.24) is 4.90 Å². The Morgan fingerprint density at radius 2 is 1.91 bits per heavy atom. The molecule has 0 amide bonds. The number of nitrogens with two attached hydrogens (primary N) is 1. The number of benzene rings is 2. The zero-order chi connectivity index (χ0) is 23.9. The van der Waals surface area contributed by atoms with Crippen molar-refractivity contribution in [2.75, 3.05) is 26.2 Å². The van der Waals surface area contributed by atoms with Crippen molar-refractivity contribution < 1.29 is 21.9 Å². The zero-order valence-corrected chi connectivity index (χ0v) is 20.1. The van der Waals surface area contributed by atoms with Crippen molar-refractivity contribution >= 4 is 10.0 Å². The van der Waals surface area contributed by atoms with Gasteiger partial charge in [-0.3, -0.25) is 0 Å². The lowest BCUT2D eigenvalue weighted by Gasteiger charge is -2.39. The van der Waals surface area contributed by atoms with Gasteiger partial charge in [0.2, 0.25) is 10.0 Å². The molecule has 3 aliphatic rings. The highest BCUT2D eigenvalue weighted by Crippen LogP contribution is 2.44. The summed E-state index contributed by atoms with van der Waals surface area (Å²) < 4.78 is 57.7. The van der Waals surface area contributed by atoms with Crippen molar-refractivity contribution in [1.29, 1.82) is 0 Å². The largest absolute Gasteiger partial charge is 0.490 e. The molecule has 0 bridgehead atoms. The molecule has 0 spiro atoms. The fourth-order valence-electron chi connectivity index (χ4n) is 5.80. The van der Waals surface area contributed by atoms with Crippen LogP contribution in [-0.2, 0) is 22.9 Å². The first-order valence-corrected chi connectivity index (χ1v) is 13.7. The molecule has 2 atom stereocenters. The van der Waals surface area contributed by atoms with Gasteiger partial charge in [0.1, 0.15) is 5.82 Å². The number of primary sulfonamides is 1. The highest BCUT2D eigenvalue weighted by Gasteiger charge is 2.46. The van der Waals surface area contributed by atoms with Gasteiger partial charge in [0.25, 0.3) is 0 Å². The number of sulfonamides is 1. The molecule has 2 N–H and O–H groups in total. The van der Waals surface area contributed by atoms with Gasteiger partial charge in [0.05, 0.1) is 11.4 Å². The number of ether oxygens (including phenoxy) is 1.